The third kappa shape index (κ3) is 3.93. The third-order valence-corrected chi connectivity index (χ3v) is 4.31. The lowest BCUT2D eigenvalue weighted by molar-refractivity contribution is 0.152. The SMILES string of the molecule is CCCC(Cc1cccc(Cl)c1F)N1CCCCC1. The number of piperidine rings is 1. The van der Waals surface area contributed by atoms with Crippen LogP contribution in [0.25, 0.3) is 0 Å². The van der Waals surface area contributed by atoms with Crippen molar-refractivity contribution in [2.75, 3.05) is 13.1 Å². The predicted octanol–water partition coefficient (Wildman–Crippen LogP) is 4.68. The summed E-state index contributed by atoms with van der Waals surface area (Å²) < 4.78 is 14.0. The van der Waals surface area contributed by atoms with Crippen molar-refractivity contribution in [3.8, 4) is 0 Å². The number of halogens is 2. The lowest BCUT2D eigenvalue weighted by atomic mass is 9.98. The van der Waals surface area contributed by atoms with Gasteiger partial charge >= 0.3 is 0 Å². The molecule has 0 N–H and O–H groups in total. The topological polar surface area (TPSA) is 3.24 Å². The number of rotatable bonds is 5. The van der Waals surface area contributed by atoms with E-state index < -0.39 is 0 Å². The molecule has 0 aliphatic carbocycles. The fourth-order valence-electron chi connectivity index (χ4n) is 2.99. The molecular formula is C16H23ClFN. The highest BCUT2D eigenvalue weighted by atomic mass is 35.5. The summed E-state index contributed by atoms with van der Waals surface area (Å²) >= 11 is 5.87. The van der Waals surface area contributed by atoms with Crippen molar-refractivity contribution in [2.24, 2.45) is 0 Å². The molecule has 0 aromatic heterocycles. The highest BCUT2D eigenvalue weighted by molar-refractivity contribution is 6.30. The number of likely N-dealkylation sites (tertiary alicyclic amines) is 1. The van der Waals surface area contributed by atoms with Crippen molar-refractivity contribution in [1.82, 2.24) is 4.90 Å². The summed E-state index contributed by atoms with van der Waals surface area (Å²) in [7, 11) is 0. The summed E-state index contributed by atoms with van der Waals surface area (Å²) in [6.07, 6.45) is 6.94. The Labute approximate surface area is 120 Å². The van der Waals surface area contributed by atoms with Crippen LogP contribution in [0, 0.1) is 5.82 Å². The van der Waals surface area contributed by atoms with Crippen molar-refractivity contribution in [1.29, 1.82) is 0 Å². The van der Waals surface area contributed by atoms with Crippen LogP contribution in [-0.4, -0.2) is 24.0 Å². The van der Waals surface area contributed by atoms with Gasteiger partial charge in [0.1, 0.15) is 5.82 Å². The van der Waals surface area contributed by atoms with Crippen molar-refractivity contribution in [3.63, 3.8) is 0 Å². The van der Waals surface area contributed by atoms with Gasteiger partial charge in [0, 0.05) is 6.04 Å². The molecule has 19 heavy (non-hydrogen) atoms. The van der Waals surface area contributed by atoms with Crippen LogP contribution in [0.1, 0.15) is 44.6 Å². The van der Waals surface area contributed by atoms with Crippen LogP contribution in [0.4, 0.5) is 4.39 Å². The van der Waals surface area contributed by atoms with E-state index in [1.54, 1.807) is 6.07 Å². The minimum Gasteiger partial charge on any atom is -0.300 e. The van der Waals surface area contributed by atoms with Gasteiger partial charge in [-0.15, -0.1) is 0 Å². The molecule has 0 saturated carbocycles. The summed E-state index contributed by atoms with van der Waals surface area (Å²) in [6, 6.07) is 5.79. The van der Waals surface area contributed by atoms with Gasteiger partial charge < -0.3 is 4.90 Å². The highest BCUT2D eigenvalue weighted by Gasteiger charge is 2.21. The van der Waals surface area contributed by atoms with Gasteiger partial charge in [0.2, 0.25) is 0 Å². The van der Waals surface area contributed by atoms with Crippen LogP contribution in [0.5, 0.6) is 0 Å². The second-order valence-electron chi connectivity index (χ2n) is 5.46. The molecule has 1 aliphatic heterocycles. The molecule has 1 heterocycles. The van der Waals surface area contributed by atoms with Crippen molar-refractivity contribution < 1.29 is 4.39 Å². The zero-order chi connectivity index (χ0) is 13.7. The Balaban J connectivity index is 2.08. The fraction of sp³-hybridized carbons (Fsp3) is 0.625. The smallest absolute Gasteiger partial charge is 0.145 e. The first kappa shape index (κ1) is 14.8. The van der Waals surface area contributed by atoms with E-state index >= 15 is 0 Å². The van der Waals surface area contributed by atoms with Gasteiger partial charge in [-0.3, -0.25) is 0 Å². The van der Waals surface area contributed by atoms with Gasteiger partial charge in [0.05, 0.1) is 5.02 Å². The van der Waals surface area contributed by atoms with E-state index in [-0.39, 0.29) is 10.8 Å². The molecule has 1 aromatic rings. The number of hydrogen-bond acceptors (Lipinski definition) is 1. The minimum atomic E-state index is -0.234. The normalized spacial score (nSPS) is 18.5. The van der Waals surface area contributed by atoms with Crippen LogP contribution < -0.4 is 0 Å². The van der Waals surface area contributed by atoms with Gasteiger partial charge in [-0.1, -0.05) is 43.5 Å². The zero-order valence-electron chi connectivity index (χ0n) is 11.7. The standard InChI is InChI=1S/C16H23ClFN/c1-2-7-14(19-10-4-3-5-11-19)12-13-8-6-9-15(17)16(13)18/h6,8-9,14H,2-5,7,10-12H2,1H3. The average molecular weight is 284 g/mol. The Morgan fingerprint density at radius 1 is 1.26 bits per heavy atom. The zero-order valence-corrected chi connectivity index (χ0v) is 12.4. The first-order valence-electron chi connectivity index (χ1n) is 7.39. The minimum absolute atomic E-state index is 0.234. The maximum atomic E-state index is 14.0. The predicted molar refractivity (Wildman–Crippen MR) is 79.2 cm³/mol. The molecular weight excluding hydrogens is 261 g/mol. The van der Waals surface area contributed by atoms with Gasteiger partial charge in [0.25, 0.3) is 0 Å². The van der Waals surface area contributed by atoms with Gasteiger partial charge in [-0.05, 0) is 50.4 Å². The number of hydrogen-bond donors (Lipinski definition) is 0. The molecule has 1 fully saturated rings. The van der Waals surface area contributed by atoms with Crippen molar-refractivity contribution >= 4 is 11.6 Å². The summed E-state index contributed by atoms with van der Waals surface area (Å²) in [6.45, 7) is 4.52. The maximum Gasteiger partial charge on any atom is 0.145 e. The van der Waals surface area contributed by atoms with E-state index in [4.69, 9.17) is 11.6 Å². The van der Waals surface area contributed by atoms with Crippen LogP contribution in [-0.2, 0) is 6.42 Å². The van der Waals surface area contributed by atoms with E-state index in [9.17, 15) is 4.39 Å². The van der Waals surface area contributed by atoms with Gasteiger partial charge in [0.15, 0.2) is 0 Å². The molecule has 1 aliphatic rings. The quantitative estimate of drug-likeness (QED) is 0.759. The first-order chi connectivity index (χ1) is 9.22. The first-order valence-corrected chi connectivity index (χ1v) is 7.77. The lowest BCUT2D eigenvalue weighted by Crippen LogP contribution is -2.40. The Kier molecular flexibility index (Phi) is 5.65. The molecule has 1 unspecified atom stereocenters. The molecule has 1 aromatic carbocycles. The summed E-state index contributed by atoms with van der Waals surface area (Å²) in [5.41, 5.74) is 0.761. The van der Waals surface area contributed by atoms with E-state index in [2.05, 4.69) is 11.8 Å². The molecule has 3 heteroatoms. The molecule has 1 atom stereocenters. The Bertz CT molecular complexity index is 402. The molecule has 0 spiro atoms. The molecule has 0 amide bonds. The van der Waals surface area contributed by atoms with Crippen molar-refractivity contribution in [2.45, 2.75) is 51.5 Å². The van der Waals surface area contributed by atoms with Crippen LogP contribution in [0.3, 0.4) is 0 Å². The lowest BCUT2D eigenvalue weighted by Gasteiger charge is -2.34. The Morgan fingerprint density at radius 3 is 2.68 bits per heavy atom. The van der Waals surface area contributed by atoms with Crippen molar-refractivity contribution in [3.05, 3.63) is 34.6 Å². The molecule has 106 valence electrons. The monoisotopic (exact) mass is 283 g/mol. The van der Waals surface area contributed by atoms with Crippen LogP contribution >= 0.6 is 11.6 Å². The molecule has 0 radical (unpaired) electrons. The second kappa shape index (κ2) is 7.25. The van der Waals surface area contributed by atoms with E-state index in [1.807, 2.05) is 12.1 Å². The van der Waals surface area contributed by atoms with E-state index in [1.165, 1.54) is 19.3 Å². The van der Waals surface area contributed by atoms with Crippen LogP contribution in [0.2, 0.25) is 5.02 Å². The third-order valence-electron chi connectivity index (χ3n) is 4.02. The van der Waals surface area contributed by atoms with Gasteiger partial charge in [-0.25, -0.2) is 4.39 Å². The Hall–Kier alpha value is -0.600. The summed E-state index contributed by atoms with van der Waals surface area (Å²) in [5, 5.41) is 0.242. The fourth-order valence-corrected chi connectivity index (χ4v) is 3.18. The second-order valence-corrected chi connectivity index (χ2v) is 5.86. The number of nitrogens with zero attached hydrogens (tertiary/aromatic N) is 1. The molecule has 1 saturated heterocycles. The van der Waals surface area contributed by atoms with Crippen LogP contribution in [0.15, 0.2) is 18.2 Å². The maximum absolute atomic E-state index is 14.0. The van der Waals surface area contributed by atoms with E-state index in [0.717, 1.165) is 37.9 Å². The molecule has 2 rings (SSSR count). The summed E-state index contributed by atoms with van der Waals surface area (Å²) in [4.78, 5) is 2.54. The van der Waals surface area contributed by atoms with Gasteiger partial charge in [-0.2, -0.15) is 0 Å². The highest BCUT2D eigenvalue weighted by Crippen LogP contribution is 2.23. The average Bonchev–Trinajstić information content (AvgIpc) is 2.44. The number of benzene rings is 1. The molecule has 1 nitrogen and oxygen atoms in total. The largest absolute Gasteiger partial charge is 0.300 e. The van der Waals surface area contributed by atoms with E-state index in [0.29, 0.717) is 6.04 Å². The molecule has 0 bridgehead atoms. The summed E-state index contributed by atoms with van der Waals surface area (Å²) in [5.74, 6) is -0.234. The Morgan fingerprint density at radius 2 is 2.00 bits per heavy atom.